The summed E-state index contributed by atoms with van der Waals surface area (Å²) in [6, 6.07) is 5.09. The maximum absolute atomic E-state index is 12.9. The molecule has 1 aromatic carbocycles. The first-order valence-electron chi connectivity index (χ1n) is 6.14. The number of hydrogen-bond acceptors (Lipinski definition) is 3. The zero-order chi connectivity index (χ0) is 15.8. The first-order valence-corrected chi connectivity index (χ1v) is 6.14. The third kappa shape index (κ3) is 2.84. The molecule has 0 spiro atoms. The molecule has 2 rings (SSSR count). The van der Waals surface area contributed by atoms with Crippen molar-refractivity contribution in [3.05, 3.63) is 41.2 Å². The SMILES string of the molecule is CC(C)c1ccn(-c2cc(C#N)cc(C(F)(F)F)c2O)n1. The summed E-state index contributed by atoms with van der Waals surface area (Å²) in [7, 11) is 0. The molecule has 7 heteroatoms. The number of aromatic hydroxyl groups is 1. The summed E-state index contributed by atoms with van der Waals surface area (Å²) >= 11 is 0. The number of phenolic OH excluding ortho intramolecular Hbond substituents is 1. The van der Waals surface area contributed by atoms with Gasteiger partial charge < -0.3 is 5.11 Å². The van der Waals surface area contributed by atoms with Crippen LogP contribution >= 0.6 is 0 Å². The van der Waals surface area contributed by atoms with Crippen molar-refractivity contribution in [1.82, 2.24) is 9.78 Å². The van der Waals surface area contributed by atoms with Crippen LogP contribution in [0.5, 0.6) is 5.75 Å². The molecule has 0 aliphatic heterocycles. The van der Waals surface area contributed by atoms with Gasteiger partial charge in [0.1, 0.15) is 11.3 Å². The van der Waals surface area contributed by atoms with Crippen LogP contribution in [0.25, 0.3) is 5.69 Å². The van der Waals surface area contributed by atoms with E-state index in [1.54, 1.807) is 12.1 Å². The van der Waals surface area contributed by atoms with Gasteiger partial charge in [-0.2, -0.15) is 23.5 Å². The van der Waals surface area contributed by atoms with Crippen LogP contribution in [0.15, 0.2) is 24.4 Å². The zero-order valence-corrected chi connectivity index (χ0v) is 11.3. The fourth-order valence-corrected chi connectivity index (χ4v) is 1.85. The summed E-state index contributed by atoms with van der Waals surface area (Å²) in [4.78, 5) is 0. The van der Waals surface area contributed by atoms with Gasteiger partial charge in [-0.25, -0.2) is 4.68 Å². The molecule has 1 N–H and O–H groups in total. The number of halogens is 3. The fraction of sp³-hybridized carbons (Fsp3) is 0.286. The molecule has 0 saturated carbocycles. The Balaban J connectivity index is 2.65. The molecule has 110 valence electrons. The quantitative estimate of drug-likeness (QED) is 0.921. The topological polar surface area (TPSA) is 61.8 Å². The van der Waals surface area contributed by atoms with Gasteiger partial charge in [-0.05, 0) is 24.1 Å². The Labute approximate surface area is 119 Å². The van der Waals surface area contributed by atoms with Gasteiger partial charge in [0.05, 0.1) is 17.3 Å². The molecule has 0 fully saturated rings. The maximum atomic E-state index is 12.9. The predicted octanol–water partition coefficient (Wildman–Crippen LogP) is 3.59. The molecule has 0 atom stereocenters. The molecular formula is C14H12F3N3O. The van der Waals surface area contributed by atoms with Crippen molar-refractivity contribution < 1.29 is 18.3 Å². The van der Waals surface area contributed by atoms with Gasteiger partial charge in [0, 0.05) is 6.20 Å². The Morgan fingerprint density at radius 1 is 1.33 bits per heavy atom. The van der Waals surface area contributed by atoms with Gasteiger partial charge in [0.2, 0.25) is 0 Å². The monoisotopic (exact) mass is 295 g/mol. The molecule has 0 saturated heterocycles. The van der Waals surface area contributed by atoms with Gasteiger partial charge >= 0.3 is 6.18 Å². The number of alkyl halides is 3. The van der Waals surface area contributed by atoms with E-state index in [0.717, 1.165) is 4.68 Å². The standard InChI is InChI=1S/C14H12F3N3O/c1-8(2)11-3-4-20(19-11)12-6-9(7-18)5-10(13(12)21)14(15,16)17/h3-6,8,21H,1-2H3. The lowest BCUT2D eigenvalue weighted by Crippen LogP contribution is -2.08. The molecule has 0 aliphatic rings. The van der Waals surface area contributed by atoms with Crippen LogP contribution < -0.4 is 0 Å². The summed E-state index contributed by atoms with van der Waals surface area (Å²) in [6.07, 6.45) is -3.30. The van der Waals surface area contributed by atoms with E-state index in [0.29, 0.717) is 11.8 Å². The van der Waals surface area contributed by atoms with Gasteiger partial charge in [-0.1, -0.05) is 13.8 Å². The van der Waals surface area contributed by atoms with Gasteiger partial charge in [0.25, 0.3) is 0 Å². The number of hydrogen-bond donors (Lipinski definition) is 1. The third-order valence-electron chi connectivity index (χ3n) is 2.97. The average Bonchev–Trinajstić information content (AvgIpc) is 2.87. The minimum Gasteiger partial charge on any atom is -0.505 e. The highest BCUT2D eigenvalue weighted by Crippen LogP contribution is 2.39. The van der Waals surface area contributed by atoms with Crippen LogP contribution in [0.2, 0.25) is 0 Å². The second-order valence-corrected chi connectivity index (χ2v) is 4.84. The Kier molecular flexibility index (Phi) is 3.64. The highest BCUT2D eigenvalue weighted by atomic mass is 19.4. The summed E-state index contributed by atoms with van der Waals surface area (Å²) < 4.78 is 39.8. The maximum Gasteiger partial charge on any atom is 0.420 e. The van der Waals surface area contributed by atoms with E-state index < -0.39 is 17.5 Å². The predicted molar refractivity (Wildman–Crippen MR) is 69.0 cm³/mol. The van der Waals surface area contributed by atoms with Crippen molar-refractivity contribution in [2.45, 2.75) is 25.9 Å². The molecule has 1 aromatic heterocycles. The number of phenols is 1. The second-order valence-electron chi connectivity index (χ2n) is 4.84. The van der Waals surface area contributed by atoms with E-state index in [9.17, 15) is 18.3 Å². The van der Waals surface area contributed by atoms with E-state index in [2.05, 4.69) is 5.10 Å². The van der Waals surface area contributed by atoms with E-state index >= 15 is 0 Å². The van der Waals surface area contributed by atoms with Crippen LogP contribution in [-0.2, 0) is 6.18 Å². The lowest BCUT2D eigenvalue weighted by molar-refractivity contribution is -0.138. The van der Waals surface area contributed by atoms with Gasteiger partial charge in [-0.3, -0.25) is 0 Å². The Bertz CT molecular complexity index is 711. The molecule has 2 aromatic rings. The van der Waals surface area contributed by atoms with Crippen molar-refractivity contribution >= 4 is 0 Å². The first kappa shape index (κ1) is 14.9. The Morgan fingerprint density at radius 2 is 2.00 bits per heavy atom. The number of nitriles is 1. The van der Waals surface area contributed by atoms with E-state index in [1.165, 1.54) is 12.3 Å². The van der Waals surface area contributed by atoms with Crippen molar-refractivity contribution in [3.63, 3.8) is 0 Å². The van der Waals surface area contributed by atoms with E-state index in [1.807, 2.05) is 13.8 Å². The van der Waals surface area contributed by atoms with Crippen molar-refractivity contribution in [2.24, 2.45) is 0 Å². The fourth-order valence-electron chi connectivity index (χ4n) is 1.85. The smallest absolute Gasteiger partial charge is 0.420 e. The molecule has 21 heavy (non-hydrogen) atoms. The first-order chi connectivity index (χ1) is 9.74. The molecule has 0 radical (unpaired) electrons. The van der Waals surface area contributed by atoms with Crippen LogP contribution in [0.1, 0.15) is 36.6 Å². The Morgan fingerprint density at radius 3 is 2.48 bits per heavy atom. The minimum atomic E-state index is -4.75. The Hall–Kier alpha value is -2.49. The van der Waals surface area contributed by atoms with E-state index in [4.69, 9.17) is 5.26 Å². The summed E-state index contributed by atoms with van der Waals surface area (Å²) in [5.74, 6) is -0.852. The minimum absolute atomic E-state index is 0.0922. The number of benzene rings is 1. The molecule has 4 nitrogen and oxygen atoms in total. The second kappa shape index (κ2) is 5.13. The van der Waals surface area contributed by atoms with Crippen molar-refractivity contribution in [3.8, 4) is 17.5 Å². The number of nitrogens with zero attached hydrogens (tertiary/aromatic N) is 3. The zero-order valence-electron chi connectivity index (χ0n) is 11.3. The van der Waals surface area contributed by atoms with E-state index in [-0.39, 0.29) is 17.2 Å². The largest absolute Gasteiger partial charge is 0.505 e. The molecule has 0 bridgehead atoms. The molecular weight excluding hydrogens is 283 g/mol. The van der Waals surface area contributed by atoms with Crippen LogP contribution in [-0.4, -0.2) is 14.9 Å². The summed E-state index contributed by atoms with van der Waals surface area (Å²) in [5.41, 5.74) is -0.950. The van der Waals surface area contributed by atoms with Crippen molar-refractivity contribution in [1.29, 1.82) is 5.26 Å². The summed E-state index contributed by atoms with van der Waals surface area (Å²) in [6.45, 7) is 3.78. The molecule has 0 aliphatic carbocycles. The van der Waals surface area contributed by atoms with Crippen LogP contribution in [0.4, 0.5) is 13.2 Å². The number of rotatable bonds is 2. The third-order valence-corrected chi connectivity index (χ3v) is 2.97. The van der Waals surface area contributed by atoms with Crippen molar-refractivity contribution in [2.75, 3.05) is 0 Å². The lowest BCUT2D eigenvalue weighted by atomic mass is 10.1. The molecule has 1 heterocycles. The lowest BCUT2D eigenvalue weighted by Gasteiger charge is -2.13. The van der Waals surface area contributed by atoms with Crippen LogP contribution in [0, 0.1) is 11.3 Å². The number of aromatic nitrogens is 2. The molecule has 0 amide bonds. The highest BCUT2D eigenvalue weighted by Gasteiger charge is 2.36. The normalized spacial score (nSPS) is 11.7. The highest BCUT2D eigenvalue weighted by molar-refractivity contribution is 5.56. The average molecular weight is 295 g/mol. The summed E-state index contributed by atoms with van der Waals surface area (Å²) in [5, 5.41) is 22.8. The van der Waals surface area contributed by atoms with Crippen LogP contribution in [0.3, 0.4) is 0 Å². The van der Waals surface area contributed by atoms with Gasteiger partial charge in [-0.15, -0.1) is 0 Å². The molecule has 0 unspecified atom stereocenters. The van der Waals surface area contributed by atoms with Gasteiger partial charge in [0.15, 0.2) is 5.75 Å².